The lowest BCUT2D eigenvalue weighted by Crippen LogP contribution is -2.46. The van der Waals surface area contributed by atoms with Crippen LogP contribution in [0.3, 0.4) is 0 Å². The third-order valence-electron chi connectivity index (χ3n) is 3.91. The molecule has 1 amide bonds. The van der Waals surface area contributed by atoms with Crippen LogP contribution in [0.1, 0.15) is 32.6 Å². The van der Waals surface area contributed by atoms with E-state index in [1.807, 2.05) is 4.90 Å². The van der Waals surface area contributed by atoms with Gasteiger partial charge in [-0.15, -0.1) is 0 Å². The van der Waals surface area contributed by atoms with E-state index in [9.17, 15) is 9.59 Å². The number of nitrogens with zero attached hydrogens (tertiary/aromatic N) is 2. The first kappa shape index (κ1) is 12.6. The molecule has 0 saturated carbocycles. The lowest BCUT2D eigenvalue weighted by Gasteiger charge is -2.32. The third-order valence-corrected chi connectivity index (χ3v) is 3.91. The third kappa shape index (κ3) is 3.53. The first-order valence-electron chi connectivity index (χ1n) is 6.67. The van der Waals surface area contributed by atoms with Crippen LogP contribution in [0.4, 0.5) is 0 Å². The summed E-state index contributed by atoms with van der Waals surface area (Å²) in [7, 11) is 0. The highest BCUT2D eigenvalue weighted by molar-refractivity contribution is 5.84. The van der Waals surface area contributed by atoms with Crippen LogP contribution in [0, 0.1) is 5.92 Å². The van der Waals surface area contributed by atoms with Gasteiger partial charge in [-0.1, -0.05) is 6.92 Å². The molecule has 4 nitrogen and oxygen atoms in total. The second-order valence-corrected chi connectivity index (χ2v) is 5.38. The van der Waals surface area contributed by atoms with Crippen LogP contribution in [-0.2, 0) is 9.59 Å². The van der Waals surface area contributed by atoms with Crippen LogP contribution in [0.25, 0.3) is 0 Å². The number of carbonyl (C=O) groups is 2. The fourth-order valence-corrected chi connectivity index (χ4v) is 2.52. The van der Waals surface area contributed by atoms with Crippen LogP contribution in [-0.4, -0.2) is 54.2 Å². The average Bonchev–Trinajstić information content (AvgIpc) is 2.33. The Hall–Kier alpha value is -0.900. The van der Waals surface area contributed by atoms with Crippen molar-refractivity contribution >= 4 is 11.7 Å². The summed E-state index contributed by atoms with van der Waals surface area (Å²) >= 11 is 0. The normalized spacial score (nSPS) is 24.1. The van der Waals surface area contributed by atoms with Gasteiger partial charge in [-0.3, -0.25) is 14.5 Å². The standard InChI is InChI=1S/C13H22N2O2/c1-11-2-6-14(7-3-11)10-13(17)15-8-4-12(16)5-9-15/h11H,2-10H2,1H3. The van der Waals surface area contributed by atoms with Gasteiger partial charge >= 0.3 is 0 Å². The summed E-state index contributed by atoms with van der Waals surface area (Å²) in [5.74, 6) is 1.29. The number of hydrogen-bond acceptors (Lipinski definition) is 3. The summed E-state index contributed by atoms with van der Waals surface area (Å²) in [6.07, 6.45) is 3.49. The number of likely N-dealkylation sites (tertiary alicyclic amines) is 2. The molecule has 0 spiro atoms. The summed E-state index contributed by atoms with van der Waals surface area (Å²) in [6, 6.07) is 0. The van der Waals surface area contributed by atoms with E-state index in [0.717, 1.165) is 19.0 Å². The van der Waals surface area contributed by atoms with E-state index < -0.39 is 0 Å². The van der Waals surface area contributed by atoms with Crippen LogP contribution < -0.4 is 0 Å². The summed E-state index contributed by atoms with van der Waals surface area (Å²) in [6.45, 7) is 6.15. The van der Waals surface area contributed by atoms with E-state index in [2.05, 4.69) is 11.8 Å². The molecule has 0 bridgehead atoms. The van der Waals surface area contributed by atoms with Crippen molar-refractivity contribution < 1.29 is 9.59 Å². The minimum atomic E-state index is 0.201. The Morgan fingerprint density at radius 1 is 1.18 bits per heavy atom. The number of amides is 1. The maximum Gasteiger partial charge on any atom is 0.236 e. The van der Waals surface area contributed by atoms with E-state index >= 15 is 0 Å². The predicted molar refractivity (Wildman–Crippen MR) is 65.7 cm³/mol. The fourth-order valence-electron chi connectivity index (χ4n) is 2.52. The largest absolute Gasteiger partial charge is 0.341 e. The average molecular weight is 238 g/mol. The number of ketones is 1. The molecule has 0 unspecified atom stereocenters. The second-order valence-electron chi connectivity index (χ2n) is 5.38. The van der Waals surface area contributed by atoms with Crippen molar-refractivity contribution in [2.75, 3.05) is 32.7 Å². The molecular formula is C13H22N2O2. The van der Waals surface area contributed by atoms with Gasteiger partial charge in [0.05, 0.1) is 6.54 Å². The van der Waals surface area contributed by atoms with E-state index in [0.29, 0.717) is 38.3 Å². The Morgan fingerprint density at radius 2 is 1.76 bits per heavy atom. The molecule has 0 aliphatic carbocycles. The molecule has 17 heavy (non-hydrogen) atoms. The molecule has 4 heteroatoms. The molecule has 96 valence electrons. The monoisotopic (exact) mass is 238 g/mol. The van der Waals surface area contributed by atoms with Gasteiger partial charge in [0.25, 0.3) is 0 Å². The van der Waals surface area contributed by atoms with Gasteiger partial charge in [-0.25, -0.2) is 0 Å². The Morgan fingerprint density at radius 3 is 2.35 bits per heavy atom. The van der Waals surface area contributed by atoms with Gasteiger partial charge < -0.3 is 4.90 Å². The molecule has 0 radical (unpaired) electrons. The smallest absolute Gasteiger partial charge is 0.236 e. The number of Topliss-reactive ketones (excluding diaryl/α,β-unsaturated/α-hetero) is 1. The first-order chi connectivity index (χ1) is 8.15. The van der Waals surface area contributed by atoms with Crippen molar-refractivity contribution in [3.63, 3.8) is 0 Å². The molecule has 2 aliphatic rings. The zero-order valence-electron chi connectivity index (χ0n) is 10.7. The van der Waals surface area contributed by atoms with E-state index in [1.54, 1.807) is 0 Å². The highest BCUT2D eigenvalue weighted by Gasteiger charge is 2.24. The van der Waals surface area contributed by atoms with Gasteiger partial charge in [0.1, 0.15) is 5.78 Å². The van der Waals surface area contributed by atoms with Crippen LogP contribution >= 0.6 is 0 Å². The molecule has 0 aromatic heterocycles. The lowest BCUT2D eigenvalue weighted by atomic mass is 9.99. The molecule has 0 aromatic carbocycles. The van der Waals surface area contributed by atoms with Gasteiger partial charge in [0, 0.05) is 25.9 Å². The zero-order chi connectivity index (χ0) is 12.3. The summed E-state index contributed by atoms with van der Waals surface area (Å²) in [5, 5.41) is 0. The van der Waals surface area contributed by atoms with Gasteiger partial charge in [-0.2, -0.15) is 0 Å². The zero-order valence-corrected chi connectivity index (χ0v) is 10.7. The molecule has 2 fully saturated rings. The number of rotatable bonds is 2. The maximum atomic E-state index is 12.0. The summed E-state index contributed by atoms with van der Waals surface area (Å²) in [4.78, 5) is 27.2. The number of piperidine rings is 2. The second kappa shape index (κ2) is 5.63. The topological polar surface area (TPSA) is 40.6 Å². The molecular weight excluding hydrogens is 216 g/mol. The van der Waals surface area contributed by atoms with Crippen LogP contribution in [0.2, 0.25) is 0 Å². The van der Waals surface area contributed by atoms with Gasteiger partial charge in [0.2, 0.25) is 5.91 Å². The summed E-state index contributed by atoms with van der Waals surface area (Å²) in [5.41, 5.74) is 0. The number of carbonyl (C=O) groups excluding carboxylic acids is 2. The quantitative estimate of drug-likeness (QED) is 0.718. The van der Waals surface area contributed by atoms with Crippen molar-refractivity contribution in [3.05, 3.63) is 0 Å². The van der Waals surface area contributed by atoms with Crippen LogP contribution in [0.5, 0.6) is 0 Å². The Labute approximate surface area is 103 Å². The maximum absolute atomic E-state index is 12.0. The lowest BCUT2D eigenvalue weighted by molar-refractivity contribution is -0.135. The molecule has 2 aliphatic heterocycles. The Balaban J connectivity index is 1.75. The molecule has 0 atom stereocenters. The Bertz CT molecular complexity index is 286. The van der Waals surface area contributed by atoms with Gasteiger partial charge in [0.15, 0.2) is 0 Å². The van der Waals surface area contributed by atoms with E-state index in [4.69, 9.17) is 0 Å². The highest BCUT2D eigenvalue weighted by Crippen LogP contribution is 2.16. The van der Waals surface area contributed by atoms with E-state index in [1.165, 1.54) is 12.8 Å². The van der Waals surface area contributed by atoms with Crippen molar-refractivity contribution in [2.45, 2.75) is 32.6 Å². The first-order valence-corrected chi connectivity index (χ1v) is 6.67. The predicted octanol–water partition coefficient (Wildman–Crippen LogP) is 0.910. The molecule has 2 rings (SSSR count). The van der Waals surface area contributed by atoms with E-state index in [-0.39, 0.29) is 5.91 Å². The minimum Gasteiger partial charge on any atom is -0.341 e. The van der Waals surface area contributed by atoms with Crippen molar-refractivity contribution in [2.24, 2.45) is 5.92 Å². The van der Waals surface area contributed by atoms with Crippen molar-refractivity contribution in [3.8, 4) is 0 Å². The Kier molecular flexibility index (Phi) is 4.15. The summed E-state index contributed by atoms with van der Waals surface area (Å²) < 4.78 is 0. The number of hydrogen-bond donors (Lipinski definition) is 0. The molecule has 2 saturated heterocycles. The molecule has 0 N–H and O–H groups in total. The van der Waals surface area contributed by atoms with Crippen molar-refractivity contribution in [1.29, 1.82) is 0 Å². The minimum absolute atomic E-state index is 0.201. The van der Waals surface area contributed by atoms with Crippen molar-refractivity contribution in [1.82, 2.24) is 9.80 Å². The fraction of sp³-hybridized carbons (Fsp3) is 0.846. The molecule has 0 aromatic rings. The highest BCUT2D eigenvalue weighted by atomic mass is 16.2. The van der Waals surface area contributed by atoms with Crippen LogP contribution in [0.15, 0.2) is 0 Å². The van der Waals surface area contributed by atoms with Gasteiger partial charge in [-0.05, 0) is 31.8 Å². The SMILES string of the molecule is CC1CCN(CC(=O)N2CCC(=O)CC2)CC1. The molecule has 2 heterocycles.